The molecular formula is C15H22N2O2. The van der Waals surface area contributed by atoms with Crippen molar-refractivity contribution in [1.29, 1.82) is 0 Å². The second-order valence-corrected chi connectivity index (χ2v) is 4.96. The number of amides is 1. The standard InChI is InChI=1S/C15H22N2O2/c1-12-5-4-6-13(11-12)19-10-9-17-15(18)14-7-2-3-8-16-14/h4-6,11,14,16H,2-3,7-10H2,1H3,(H,17,18). The highest BCUT2D eigenvalue weighted by Gasteiger charge is 2.19. The number of benzene rings is 1. The molecule has 19 heavy (non-hydrogen) atoms. The van der Waals surface area contributed by atoms with Crippen LogP contribution < -0.4 is 15.4 Å². The van der Waals surface area contributed by atoms with Crippen molar-refractivity contribution in [2.45, 2.75) is 32.2 Å². The molecule has 0 saturated carbocycles. The number of carbonyl (C=O) groups is 1. The molecular weight excluding hydrogens is 240 g/mol. The van der Waals surface area contributed by atoms with Gasteiger partial charge in [-0.25, -0.2) is 0 Å². The Labute approximate surface area is 114 Å². The van der Waals surface area contributed by atoms with Gasteiger partial charge in [0.2, 0.25) is 5.91 Å². The lowest BCUT2D eigenvalue weighted by Gasteiger charge is -2.22. The van der Waals surface area contributed by atoms with Gasteiger partial charge in [-0.15, -0.1) is 0 Å². The highest BCUT2D eigenvalue weighted by Crippen LogP contribution is 2.11. The Kier molecular flexibility index (Phi) is 5.21. The van der Waals surface area contributed by atoms with Crippen LogP contribution >= 0.6 is 0 Å². The minimum atomic E-state index is -0.0206. The maximum atomic E-state index is 11.8. The lowest BCUT2D eigenvalue weighted by atomic mass is 10.0. The zero-order valence-electron chi connectivity index (χ0n) is 11.4. The first-order valence-electron chi connectivity index (χ1n) is 6.96. The monoisotopic (exact) mass is 262 g/mol. The molecule has 0 aliphatic carbocycles. The first-order valence-corrected chi connectivity index (χ1v) is 6.96. The van der Waals surface area contributed by atoms with E-state index in [9.17, 15) is 4.79 Å². The van der Waals surface area contributed by atoms with E-state index in [1.807, 2.05) is 31.2 Å². The minimum Gasteiger partial charge on any atom is -0.492 e. The summed E-state index contributed by atoms with van der Waals surface area (Å²) in [4.78, 5) is 11.8. The number of carbonyl (C=O) groups excluding carboxylic acids is 1. The van der Waals surface area contributed by atoms with Gasteiger partial charge in [-0.3, -0.25) is 4.79 Å². The molecule has 0 spiro atoms. The lowest BCUT2D eigenvalue weighted by molar-refractivity contribution is -0.123. The Morgan fingerprint density at radius 1 is 1.47 bits per heavy atom. The Hall–Kier alpha value is -1.55. The van der Waals surface area contributed by atoms with Crippen LogP contribution in [0.4, 0.5) is 0 Å². The lowest BCUT2D eigenvalue weighted by Crippen LogP contribution is -2.47. The summed E-state index contributed by atoms with van der Waals surface area (Å²) in [6.07, 6.45) is 3.23. The third kappa shape index (κ3) is 4.56. The van der Waals surface area contributed by atoms with Gasteiger partial charge in [0.1, 0.15) is 12.4 Å². The summed E-state index contributed by atoms with van der Waals surface area (Å²) in [6, 6.07) is 7.90. The van der Waals surface area contributed by atoms with E-state index in [1.54, 1.807) is 0 Å². The summed E-state index contributed by atoms with van der Waals surface area (Å²) >= 11 is 0. The highest BCUT2D eigenvalue weighted by atomic mass is 16.5. The number of rotatable bonds is 5. The molecule has 1 fully saturated rings. The van der Waals surface area contributed by atoms with Crippen LogP contribution in [0.15, 0.2) is 24.3 Å². The van der Waals surface area contributed by atoms with Crippen molar-refractivity contribution < 1.29 is 9.53 Å². The van der Waals surface area contributed by atoms with Crippen molar-refractivity contribution in [1.82, 2.24) is 10.6 Å². The predicted octanol–water partition coefficient (Wildman–Crippen LogP) is 1.63. The molecule has 1 aromatic carbocycles. The fourth-order valence-electron chi connectivity index (χ4n) is 2.25. The fraction of sp³-hybridized carbons (Fsp3) is 0.533. The molecule has 1 atom stereocenters. The molecule has 4 nitrogen and oxygen atoms in total. The van der Waals surface area contributed by atoms with Gasteiger partial charge >= 0.3 is 0 Å². The molecule has 1 amide bonds. The van der Waals surface area contributed by atoms with E-state index in [1.165, 1.54) is 12.0 Å². The third-order valence-corrected chi connectivity index (χ3v) is 3.29. The number of ether oxygens (including phenoxy) is 1. The fourth-order valence-corrected chi connectivity index (χ4v) is 2.25. The number of hydrogen-bond acceptors (Lipinski definition) is 3. The topological polar surface area (TPSA) is 50.4 Å². The Bertz CT molecular complexity index is 414. The van der Waals surface area contributed by atoms with Crippen LogP contribution in [0.1, 0.15) is 24.8 Å². The van der Waals surface area contributed by atoms with Gasteiger partial charge < -0.3 is 15.4 Å². The van der Waals surface area contributed by atoms with Gasteiger partial charge in [0.25, 0.3) is 0 Å². The largest absolute Gasteiger partial charge is 0.492 e. The summed E-state index contributed by atoms with van der Waals surface area (Å²) < 4.78 is 5.59. The SMILES string of the molecule is Cc1cccc(OCCNC(=O)C2CCCCN2)c1. The van der Waals surface area contributed by atoms with Crippen LogP contribution in [-0.2, 0) is 4.79 Å². The average molecular weight is 262 g/mol. The van der Waals surface area contributed by atoms with Gasteiger partial charge in [0.15, 0.2) is 0 Å². The van der Waals surface area contributed by atoms with Gasteiger partial charge in [0.05, 0.1) is 12.6 Å². The van der Waals surface area contributed by atoms with Crippen molar-refractivity contribution in [3.8, 4) is 5.75 Å². The second kappa shape index (κ2) is 7.14. The van der Waals surface area contributed by atoms with Crippen molar-refractivity contribution >= 4 is 5.91 Å². The first-order chi connectivity index (χ1) is 9.25. The van der Waals surface area contributed by atoms with Crippen LogP contribution in [0.5, 0.6) is 5.75 Å². The van der Waals surface area contributed by atoms with E-state index in [2.05, 4.69) is 10.6 Å². The van der Waals surface area contributed by atoms with Crippen molar-refractivity contribution in [2.75, 3.05) is 19.7 Å². The van der Waals surface area contributed by atoms with E-state index in [0.717, 1.165) is 25.1 Å². The number of aryl methyl sites for hydroxylation is 1. The van der Waals surface area contributed by atoms with Gasteiger partial charge in [-0.1, -0.05) is 18.6 Å². The summed E-state index contributed by atoms with van der Waals surface area (Å²) in [6.45, 7) is 4.02. The molecule has 1 aliphatic heterocycles. The molecule has 1 heterocycles. The first kappa shape index (κ1) is 13.9. The predicted molar refractivity (Wildman–Crippen MR) is 75.3 cm³/mol. The van der Waals surface area contributed by atoms with Gasteiger partial charge in [0, 0.05) is 0 Å². The molecule has 1 aliphatic rings. The average Bonchev–Trinajstić information content (AvgIpc) is 2.44. The summed E-state index contributed by atoms with van der Waals surface area (Å²) in [5.41, 5.74) is 1.17. The zero-order chi connectivity index (χ0) is 13.5. The molecule has 0 bridgehead atoms. The van der Waals surface area contributed by atoms with Crippen molar-refractivity contribution in [3.63, 3.8) is 0 Å². The Morgan fingerprint density at radius 2 is 2.37 bits per heavy atom. The zero-order valence-corrected chi connectivity index (χ0v) is 11.4. The number of piperidine rings is 1. The van der Waals surface area contributed by atoms with Crippen molar-refractivity contribution in [3.05, 3.63) is 29.8 Å². The maximum absolute atomic E-state index is 11.8. The van der Waals surface area contributed by atoms with Crippen LogP contribution in [0.3, 0.4) is 0 Å². The molecule has 1 aromatic rings. The van der Waals surface area contributed by atoms with E-state index < -0.39 is 0 Å². The molecule has 0 aromatic heterocycles. The molecule has 4 heteroatoms. The molecule has 2 rings (SSSR count). The van der Waals surface area contributed by atoms with E-state index in [0.29, 0.717) is 13.2 Å². The smallest absolute Gasteiger partial charge is 0.237 e. The quantitative estimate of drug-likeness (QED) is 0.793. The van der Waals surface area contributed by atoms with Crippen LogP contribution in [-0.4, -0.2) is 31.6 Å². The minimum absolute atomic E-state index is 0.0206. The van der Waals surface area contributed by atoms with Crippen LogP contribution in [0.25, 0.3) is 0 Å². The summed E-state index contributed by atoms with van der Waals surface area (Å²) in [5, 5.41) is 6.14. The van der Waals surface area contributed by atoms with Gasteiger partial charge in [-0.05, 0) is 44.0 Å². The summed E-state index contributed by atoms with van der Waals surface area (Å²) in [5.74, 6) is 0.942. The maximum Gasteiger partial charge on any atom is 0.237 e. The summed E-state index contributed by atoms with van der Waals surface area (Å²) in [7, 11) is 0. The van der Waals surface area contributed by atoms with Gasteiger partial charge in [-0.2, -0.15) is 0 Å². The number of nitrogens with one attached hydrogen (secondary N) is 2. The molecule has 1 unspecified atom stereocenters. The second-order valence-electron chi connectivity index (χ2n) is 4.96. The Balaban J connectivity index is 1.65. The van der Waals surface area contributed by atoms with Crippen molar-refractivity contribution in [2.24, 2.45) is 0 Å². The molecule has 104 valence electrons. The Morgan fingerprint density at radius 3 is 3.11 bits per heavy atom. The molecule has 2 N–H and O–H groups in total. The number of hydrogen-bond donors (Lipinski definition) is 2. The van der Waals surface area contributed by atoms with Crippen LogP contribution in [0, 0.1) is 6.92 Å². The molecule has 0 radical (unpaired) electrons. The highest BCUT2D eigenvalue weighted by molar-refractivity contribution is 5.81. The van der Waals surface area contributed by atoms with E-state index >= 15 is 0 Å². The van der Waals surface area contributed by atoms with Crippen LogP contribution in [0.2, 0.25) is 0 Å². The normalized spacial score (nSPS) is 18.9. The third-order valence-electron chi connectivity index (χ3n) is 3.29. The van der Waals surface area contributed by atoms with E-state index in [-0.39, 0.29) is 11.9 Å². The van der Waals surface area contributed by atoms with E-state index in [4.69, 9.17) is 4.74 Å². The molecule has 1 saturated heterocycles.